The van der Waals surface area contributed by atoms with Gasteiger partial charge in [0, 0.05) is 18.8 Å². The minimum atomic E-state index is -4.53. The number of nitrogens with one attached hydrogen (secondary N) is 1. The molecule has 2 rings (SSSR count). The molecule has 3 N–H and O–H groups in total. The molecule has 1 saturated heterocycles. The molecule has 1 aromatic rings. The van der Waals surface area contributed by atoms with Crippen LogP contribution in [-0.4, -0.2) is 37.2 Å². The van der Waals surface area contributed by atoms with Crippen molar-refractivity contribution in [2.45, 2.75) is 6.18 Å². The molecule has 110 valence electrons. The summed E-state index contributed by atoms with van der Waals surface area (Å²) in [4.78, 5) is 12.7. The van der Waals surface area contributed by atoms with Crippen LogP contribution in [-0.2, 0) is 6.18 Å². The second kappa shape index (κ2) is 5.48. The number of benzene rings is 1. The fourth-order valence-electron chi connectivity index (χ4n) is 1.89. The molecule has 0 bridgehead atoms. The maximum absolute atomic E-state index is 12.8. The first kappa shape index (κ1) is 14.3. The van der Waals surface area contributed by atoms with Gasteiger partial charge in [-0.3, -0.25) is 0 Å². The lowest BCUT2D eigenvalue weighted by molar-refractivity contribution is -0.138. The molecule has 1 aliphatic rings. The molecule has 0 radical (unpaired) electrons. The molecular formula is C12H14F3N3O2. The van der Waals surface area contributed by atoms with Crippen molar-refractivity contribution < 1.29 is 22.7 Å². The van der Waals surface area contributed by atoms with E-state index in [1.165, 1.54) is 17.0 Å². The van der Waals surface area contributed by atoms with Crippen molar-refractivity contribution in [3.8, 4) is 5.75 Å². The van der Waals surface area contributed by atoms with Crippen LogP contribution in [0.4, 0.5) is 23.7 Å². The molecule has 0 spiro atoms. The molecule has 0 saturated carbocycles. The minimum absolute atomic E-state index is 0.0135. The number of hydrogen-bond donors (Lipinski definition) is 2. The minimum Gasteiger partial charge on any atom is -0.491 e. The lowest BCUT2D eigenvalue weighted by Crippen LogP contribution is -2.32. The highest BCUT2D eigenvalue weighted by molar-refractivity contribution is 5.76. The Balaban J connectivity index is 2.00. The first-order valence-electron chi connectivity index (χ1n) is 6.00. The maximum atomic E-state index is 12.8. The second-order valence-electron chi connectivity index (χ2n) is 4.32. The predicted octanol–water partition coefficient (Wildman–Crippen LogP) is 1.69. The molecule has 0 unspecified atom stereocenters. The number of nitrogen functional groups attached to an aromatic ring is 1. The normalized spacial score (nSPS) is 15.3. The maximum Gasteiger partial charge on any atom is 0.420 e. The van der Waals surface area contributed by atoms with Gasteiger partial charge in [0.25, 0.3) is 0 Å². The molecule has 0 aromatic heterocycles. The predicted molar refractivity (Wildman–Crippen MR) is 66.3 cm³/mol. The first-order chi connectivity index (χ1) is 9.38. The quantitative estimate of drug-likeness (QED) is 0.829. The average molecular weight is 289 g/mol. The third-order valence-electron chi connectivity index (χ3n) is 2.87. The van der Waals surface area contributed by atoms with Crippen LogP contribution < -0.4 is 15.8 Å². The standard InChI is InChI=1S/C12H14F3N3O2/c13-12(14,15)9-7-8(16)1-2-10(9)20-6-5-18-4-3-17-11(18)19/h1-2,7H,3-6,16H2,(H,17,19). The van der Waals surface area contributed by atoms with E-state index in [-0.39, 0.29) is 30.6 Å². The third kappa shape index (κ3) is 3.25. The van der Waals surface area contributed by atoms with E-state index < -0.39 is 11.7 Å². The zero-order chi connectivity index (χ0) is 14.8. The summed E-state index contributed by atoms with van der Waals surface area (Å²) in [5.74, 6) is -0.286. The van der Waals surface area contributed by atoms with Gasteiger partial charge in [0.15, 0.2) is 0 Å². The number of rotatable bonds is 4. The number of nitrogens with two attached hydrogens (primary N) is 1. The smallest absolute Gasteiger partial charge is 0.420 e. The number of anilines is 1. The Bertz CT molecular complexity index is 505. The Morgan fingerprint density at radius 2 is 2.15 bits per heavy atom. The van der Waals surface area contributed by atoms with E-state index in [1.807, 2.05) is 0 Å². The Kier molecular flexibility index (Phi) is 3.91. The number of halogens is 3. The molecule has 1 heterocycles. The van der Waals surface area contributed by atoms with Gasteiger partial charge in [-0.05, 0) is 18.2 Å². The van der Waals surface area contributed by atoms with Gasteiger partial charge in [0.1, 0.15) is 12.4 Å². The van der Waals surface area contributed by atoms with Crippen LogP contribution >= 0.6 is 0 Å². The van der Waals surface area contributed by atoms with E-state index in [0.717, 1.165) is 6.07 Å². The monoisotopic (exact) mass is 289 g/mol. The highest BCUT2D eigenvalue weighted by Gasteiger charge is 2.34. The summed E-state index contributed by atoms with van der Waals surface area (Å²) >= 11 is 0. The highest BCUT2D eigenvalue weighted by Crippen LogP contribution is 2.37. The summed E-state index contributed by atoms with van der Waals surface area (Å²) in [6.45, 7) is 1.28. The van der Waals surface area contributed by atoms with Crippen molar-refractivity contribution in [3.63, 3.8) is 0 Å². The summed E-state index contributed by atoms with van der Waals surface area (Å²) in [6.07, 6.45) is -4.53. The Morgan fingerprint density at radius 1 is 1.40 bits per heavy atom. The SMILES string of the molecule is Nc1ccc(OCCN2CCNC2=O)c(C(F)(F)F)c1. The number of carbonyl (C=O) groups is 1. The summed E-state index contributed by atoms with van der Waals surface area (Å²) in [6, 6.07) is 3.12. The lowest BCUT2D eigenvalue weighted by atomic mass is 10.1. The number of urea groups is 1. The molecule has 8 heteroatoms. The lowest BCUT2D eigenvalue weighted by Gasteiger charge is -2.17. The van der Waals surface area contributed by atoms with Crippen LogP contribution in [0.1, 0.15) is 5.56 Å². The highest BCUT2D eigenvalue weighted by atomic mass is 19.4. The largest absolute Gasteiger partial charge is 0.491 e. The molecule has 20 heavy (non-hydrogen) atoms. The van der Waals surface area contributed by atoms with Crippen molar-refractivity contribution in [2.24, 2.45) is 0 Å². The molecule has 0 aliphatic carbocycles. The second-order valence-corrected chi connectivity index (χ2v) is 4.32. The van der Waals surface area contributed by atoms with Gasteiger partial charge in [0.2, 0.25) is 0 Å². The van der Waals surface area contributed by atoms with E-state index in [2.05, 4.69) is 5.32 Å². The topological polar surface area (TPSA) is 67.6 Å². The number of alkyl halides is 3. The van der Waals surface area contributed by atoms with Crippen LogP contribution in [0.15, 0.2) is 18.2 Å². The number of hydrogen-bond acceptors (Lipinski definition) is 3. The fraction of sp³-hybridized carbons (Fsp3) is 0.417. The van der Waals surface area contributed by atoms with Gasteiger partial charge < -0.3 is 20.7 Å². The molecular weight excluding hydrogens is 275 g/mol. The van der Waals surface area contributed by atoms with E-state index in [9.17, 15) is 18.0 Å². The fourth-order valence-corrected chi connectivity index (χ4v) is 1.89. The van der Waals surface area contributed by atoms with E-state index in [4.69, 9.17) is 10.5 Å². The Morgan fingerprint density at radius 3 is 2.75 bits per heavy atom. The summed E-state index contributed by atoms with van der Waals surface area (Å²) in [7, 11) is 0. The van der Waals surface area contributed by atoms with Gasteiger partial charge in [0.05, 0.1) is 12.1 Å². The van der Waals surface area contributed by atoms with Crippen molar-refractivity contribution in [1.29, 1.82) is 0 Å². The van der Waals surface area contributed by atoms with Crippen LogP contribution in [0.5, 0.6) is 5.75 Å². The summed E-state index contributed by atoms with van der Waals surface area (Å²) < 4.78 is 43.6. The van der Waals surface area contributed by atoms with Crippen molar-refractivity contribution >= 4 is 11.7 Å². The summed E-state index contributed by atoms with van der Waals surface area (Å²) in [5.41, 5.74) is 4.46. The number of carbonyl (C=O) groups excluding carboxylic acids is 1. The van der Waals surface area contributed by atoms with Gasteiger partial charge in [-0.15, -0.1) is 0 Å². The van der Waals surface area contributed by atoms with Crippen molar-refractivity contribution in [3.05, 3.63) is 23.8 Å². The molecule has 1 fully saturated rings. The molecule has 1 aromatic carbocycles. The first-order valence-corrected chi connectivity index (χ1v) is 6.00. The Hall–Kier alpha value is -2.12. The Labute approximate surface area is 113 Å². The van der Waals surface area contributed by atoms with Crippen molar-refractivity contribution in [2.75, 3.05) is 32.0 Å². The average Bonchev–Trinajstić information content (AvgIpc) is 2.76. The molecule has 5 nitrogen and oxygen atoms in total. The number of nitrogens with zero attached hydrogens (tertiary/aromatic N) is 1. The van der Waals surface area contributed by atoms with E-state index in [0.29, 0.717) is 13.1 Å². The number of ether oxygens (including phenoxy) is 1. The van der Waals surface area contributed by atoms with Gasteiger partial charge in [-0.2, -0.15) is 13.2 Å². The number of amides is 2. The van der Waals surface area contributed by atoms with Crippen LogP contribution in [0.3, 0.4) is 0 Å². The zero-order valence-corrected chi connectivity index (χ0v) is 10.5. The molecule has 0 atom stereocenters. The summed E-state index contributed by atoms with van der Waals surface area (Å²) in [5, 5.41) is 2.60. The van der Waals surface area contributed by atoms with Crippen LogP contribution in [0.2, 0.25) is 0 Å². The van der Waals surface area contributed by atoms with Gasteiger partial charge in [-0.25, -0.2) is 4.79 Å². The van der Waals surface area contributed by atoms with E-state index in [1.54, 1.807) is 0 Å². The van der Waals surface area contributed by atoms with Crippen LogP contribution in [0.25, 0.3) is 0 Å². The third-order valence-corrected chi connectivity index (χ3v) is 2.87. The van der Waals surface area contributed by atoms with E-state index >= 15 is 0 Å². The zero-order valence-electron chi connectivity index (χ0n) is 10.5. The molecule has 2 amide bonds. The van der Waals surface area contributed by atoms with Crippen molar-refractivity contribution in [1.82, 2.24) is 10.2 Å². The van der Waals surface area contributed by atoms with Gasteiger partial charge >= 0.3 is 12.2 Å². The molecule has 1 aliphatic heterocycles. The van der Waals surface area contributed by atoms with Gasteiger partial charge in [-0.1, -0.05) is 0 Å². The van der Waals surface area contributed by atoms with Crippen LogP contribution in [0, 0.1) is 0 Å².